The molecule has 1 heterocycles. The highest BCUT2D eigenvalue weighted by atomic mass is 28.3. The van der Waals surface area contributed by atoms with E-state index in [9.17, 15) is 0 Å². The van der Waals surface area contributed by atoms with Gasteiger partial charge in [-0.2, -0.15) is 0 Å². The van der Waals surface area contributed by atoms with Crippen LogP contribution in [-0.4, -0.2) is 15.2 Å². The number of hydrogen-bond donors (Lipinski definition) is 0. The quantitative estimate of drug-likeness (QED) is 0.773. The van der Waals surface area contributed by atoms with Crippen LogP contribution in [0.1, 0.15) is 0 Å². The van der Waals surface area contributed by atoms with Crippen molar-refractivity contribution in [1.82, 2.24) is 0 Å². The van der Waals surface area contributed by atoms with E-state index in [1.807, 2.05) is 18.2 Å². The Bertz CT molecular complexity index is 509. The van der Waals surface area contributed by atoms with Crippen LogP contribution in [0.15, 0.2) is 41.0 Å². The molecule has 0 fully saturated rings. The van der Waals surface area contributed by atoms with Crippen molar-refractivity contribution >= 4 is 13.3 Å². The molecule has 90 valence electrons. The molecular formula is C14H18O2Si. The van der Waals surface area contributed by atoms with Crippen LogP contribution in [0.5, 0.6) is 5.75 Å². The maximum atomic E-state index is 5.66. The van der Waals surface area contributed by atoms with Crippen LogP contribution < -0.4 is 9.92 Å². The van der Waals surface area contributed by atoms with Crippen LogP contribution >= 0.6 is 0 Å². The van der Waals surface area contributed by atoms with Crippen LogP contribution in [-0.2, 0) is 0 Å². The maximum Gasteiger partial charge on any atom is 0.133 e. The number of ether oxygens (including phenoxy) is 1. The minimum Gasteiger partial charge on any atom is -0.497 e. The third-order valence-electron chi connectivity index (χ3n) is 2.81. The largest absolute Gasteiger partial charge is 0.497 e. The van der Waals surface area contributed by atoms with Crippen LogP contribution in [0.2, 0.25) is 19.6 Å². The van der Waals surface area contributed by atoms with Crippen LogP contribution in [0.25, 0.3) is 11.3 Å². The van der Waals surface area contributed by atoms with Gasteiger partial charge < -0.3 is 9.15 Å². The number of hydrogen-bond acceptors (Lipinski definition) is 2. The summed E-state index contributed by atoms with van der Waals surface area (Å²) in [6.07, 6.45) is 1.78. The van der Waals surface area contributed by atoms with Crippen molar-refractivity contribution in [2.24, 2.45) is 0 Å². The average Bonchev–Trinajstić information content (AvgIpc) is 2.77. The first-order valence-electron chi connectivity index (χ1n) is 5.75. The average molecular weight is 246 g/mol. The van der Waals surface area contributed by atoms with Gasteiger partial charge in [-0.05, 0) is 23.4 Å². The highest BCUT2D eigenvalue weighted by Gasteiger charge is 2.23. The molecule has 0 amide bonds. The molecule has 0 atom stereocenters. The molecule has 2 rings (SSSR count). The molecule has 2 nitrogen and oxygen atoms in total. The molecule has 2 aromatic rings. The van der Waals surface area contributed by atoms with Crippen LogP contribution in [0.4, 0.5) is 0 Å². The van der Waals surface area contributed by atoms with Gasteiger partial charge in [0.05, 0.1) is 21.4 Å². The second kappa shape index (κ2) is 4.41. The summed E-state index contributed by atoms with van der Waals surface area (Å²) in [7, 11) is 0.311. The van der Waals surface area contributed by atoms with Crippen molar-refractivity contribution in [3.8, 4) is 17.1 Å². The minimum atomic E-state index is -1.37. The predicted octanol–water partition coefficient (Wildman–Crippen LogP) is 3.50. The van der Waals surface area contributed by atoms with E-state index in [0.717, 1.165) is 17.1 Å². The number of furan rings is 1. The third-order valence-corrected chi connectivity index (χ3v) is 4.81. The van der Waals surface area contributed by atoms with Gasteiger partial charge in [0.25, 0.3) is 0 Å². The van der Waals surface area contributed by atoms with Crippen LogP contribution in [0, 0.1) is 0 Å². The second-order valence-corrected chi connectivity index (χ2v) is 10.2. The zero-order chi connectivity index (χ0) is 12.5. The van der Waals surface area contributed by atoms with Crippen molar-refractivity contribution in [2.75, 3.05) is 7.11 Å². The number of rotatable bonds is 3. The lowest BCUT2D eigenvalue weighted by Gasteiger charge is -2.16. The molecule has 0 aliphatic rings. The number of methoxy groups -OCH3 is 1. The Labute approximate surface area is 103 Å². The summed E-state index contributed by atoms with van der Waals surface area (Å²) < 4.78 is 10.9. The van der Waals surface area contributed by atoms with E-state index in [4.69, 9.17) is 9.15 Å². The molecule has 0 bridgehead atoms. The zero-order valence-electron chi connectivity index (χ0n) is 10.8. The van der Waals surface area contributed by atoms with E-state index < -0.39 is 8.07 Å². The van der Waals surface area contributed by atoms with Crippen molar-refractivity contribution in [2.45, 2.75) is 19.6 Å². The van der Waals surface area contributed by atoms with Gasteiger partial charge in [0.1, 0.15) is 11.5 Å². The Morgan fingerprint density at radius 1 is 1.12 bits per heavy atom. The molecule has 0 saturated heterocycles. The molecule has 0 aliphatic heterocycles. The third kappa shape index (κ3) is 2.44. The molecule has 0 unspecified atom stereocenters. The molecule has 0 aliphatic carbocycles. The first kappa shape index (κ1) is 12.0. The molecule has 0 N–H and O–H groups in total. The fraction of sp³-hybridized carbons (Fsp3) is 0.286. The first-order chi connectivity index (χ1) is 8.02. The molecule has 1 aromatic heterocycles. The van der Waals surface area contributed by atoms with Crippen molar-refractivity contribution in [1.29, 1.82) is 0 Å². The smallest absolute Gasteiger partial charge is 0.133 e. The Morgan fingerprint density at radius 2 is 1.88 bits per heavy atom. The van der Waals surface area contributed by atoms with Gasteiger partial charge in [0.15, 0.2) is 0 Å². The summed E-state index contributed by atoms with van der Waals surface area (Å²) in [6.45, 7) is 6.96. The van der Waals surface area contributed by atoms with Gasteiger partial charge in [-0.1, -0.05) is 31.8 Å². The van der Waals surface area contributed by atoms with E-state index in [1.54, 1.807) is 13.4 Å². The molecular weight excluding hydrogens is 228 g/mol. The minimum absolute atomic E-state index is 0.862. The predicted molar refractivity (Wildman–Crippen MR) is 73.7 cm³/mol. The molecule has 0 spiro atoms. The van der Waals surface area contributed by atoms with E-state index in [0.29, 0.717) is 0 Å². The molecule has 3 heteroatoms. The summed E-state index contributed by atoms with van der Waals surface area (Å²) >= 11 is 0. The van der Waals surface area contributed by atoms with Crippen molar-refractivity contribution in [3.05, 3.63) is 36.6 Å². The topological polar surface area (TPSA) is 22.4 Å². The van der Waals surface area contributed by atoms with Gasteiger partial charge in [-0.25, -0.2) is 0 Å². The van der Waals surface area contributed by atoms with Crippen molar-refractivity contribution < 1.29 is 9.15 Å². The van der Waals surface area contributed by atoms with Crippen LogP contribution in [0.3, 0.4) is 0 Å². The van der Waals surface area contributed by atoms with E-state index in [2.05, 4.69) is 31.8 Å². The zero-order valence-corrected chi connectivity index (χ0v) is 11.8. The summed E-state index contributed by atoms with van der Waals surface area (Å²) in [6, 6.07) is 10.1. The highest BCUT2D eigenvalue weighted by Crippen LogP contribution is 2.24. The van der Waals surface area contributed by atoms with Gasteiger partial charge in [0, 0.05) is 5.56 Å². The number of benzene rings is 1. The fourth-order valence-electron chi connectivity index (χ4n) is 1.89. The fourth-order valence-corrected chi connectivity index (χ4v) is 3.34. The summed E-state index contributed by atoms with van der Waals surface area (Å²) in [5, 5.41) is 1.35. The lowest BCUT2D eigenvalue weighted by atomic mass is 10.1. The highest BCUT2D eigenvalue weighted by molar-refractivity contribution is 6.89. The molecule has 0 radical (unpaired) electrons. The molecule has 17 heavy (non-hydrogen) atoms. The molecule has 0 saturated carbocycles. The van der Waals surface area contributed by atoms with E-state index in [1.165, 1.54) is 5.19 Å². The lowest BCUT2D eigenvalue weighted by Crippen LogP contribution is -2.37. The van der Waals surface area contributed by atoms with E-state index in [-0.39, 0.29) is 0 Å². The first-order valence-corrected chi connectivity index (χ1v) is 9.25. The summed E-state index contributed by atoms with van der Waals surface area (Å²) in [5.74, 6) is 1.85. The van der Waals surface area contributed by atoms with Gasteiger partial charge in [0.2, 0.25) is 0 Å². The SMILES string of the molecule is COc1cccc(-c2occc2[Si](C)(C)C)c1. The van der Waals surface area contributed by atoms with Crippen molar-refractivity contribution in [3.63, 3.8) is 0 Å². The van der Waals surface area contributed by atoms with Gasteiger partial charge >= 0.3 is 0 Å². The Balaban J connectivity index is 2.50. The summed E-state index contributed by atoms with van der Waals surface area (Å²) in [4.78, 5) is 0. The summed E-state index contributed by atoms with van der Waals surface area (Å²) in [5.41, 5.74) is 1.09. The Hall–Kier alpha value is -1.48. The Morgan fingerprint density at radius 3 is 2.53 bits per heavy atom. The Kier molecular flexibility index (Phi) is 3.11. The van der Waals surface area contributed by atoms with Gasteiger partial charge in [-0.15, -0.1) is 0 Å². The molecule has 1 aromatic carbocycles. The second-order valence-electron chi connectivity index (χ2n) is 5.15. The standard InChI is InChI=1S/C14H18O2Si/c1-15-12-7-5-6-11(10-12)14-13(8-9-16-14)17(2,3)4/h5-10H,1-4H3. The normalized spacial score (nSPS) is 11.5. The lowest BCUT2D eigenvalue weighted by molar-refractivity contribution is 0.415. The monoisotopic (exact) mass is 246 g/mol. The maximum absolute atomic E-state index is 5.66. The van der Waals surface area contributed by atoms with E-state index >= 15 is 0 Å². The van der Waals surface area contributed by atoms with Gasteiger partial charge in [-0.3, -0.25) is 0 Å².